The van der Waals surface area contributed by atoms with E-state index in [1.165, 1.54) is 0 Å². The highest BCUT2D eigenvalue weighted by Crippen LogP contribution is 2.29. The molecule has 2 aromatic carbocycles. The zero-order chi connectivity index (χ0) is 19.5. The van der Waals surface area contributed by atoms with E-state index >= 15 is 0 Å². The number of hydrogen-bond donors (Lipinski definition) is 0. The maximum Gasteiger partial charge on any atom is 0.278 e. The lowest BCUT2D eigenvalue weighted by atomic mass is 10.1. The van der Waals surface area contributed by atoms with Gasteiger partial charge in [-0.15, -0.1) is 0 Å². The molecular weight excluding hydrogens is 418 g/mol. The summed E-state index contributed by atoms with van der Waals surface area (Å²) in [5, 5.41) is 0. The number of rotatable bonds is 5. The van der Waals surface area contributed by atoms with Crippen molar-refractivity contribution >= 4 is 33.2 Å². The quantitative estimate of drug-likeness (QED) is 0.445. The van der Waals surface area contributed by atoms with E-state index < -0.39 is 0 Å². The second-order valence-corrected chi connectivity index (χ2v) is 7.14. The monoisotopic (exact) mass is 435 g/mol. The highest BCUT2D eigenvalue weighted by Gasteiger charge is 2.22. The van der Waals surface area contributed by atoms with Crippen LogP contribution >= 0.6 is 15.9 Å². The molecule has 0 aliphatic rings. The number of ether oxygens (including phenoxy) is 1. The number of para-hydroxylation sites is 1. The van der Waals surface area contributed by atoms with Gasteiger partial charge in [-0.25, -0.2) is 4.98 Å². The molecule has 6 heteroatoms. The Morgan fingerprint density at radius 3 is 2.54 bits per heavy atom. The number of pyridine rings is 1. The van der Waals surface area contributed by atoms with Gasteiger partial charge >= 0.3 is 0 Å². The van der Waals surface area contributed by atoms with Crippen molar-refractivity contribution in [3.8, 4) is 5.75 Å². The SMILES string of the molecule is COc1ccc(CN(C(=O)c2cn3ccccc3n2)c2ccccc2Br)cc1. The van der Waals surface area contributed by atoms with Gasteiger partial charge in [0.25, 0.3) is 5.91 Å². The van der Waals surface area contributed by atoms with Crippen molar-refractivity contribution in [1.82, 2.24) is 9.38 Å². The number of nitrogens with zero attached hydrogens (tertiary/aromatic N) is 3. The van der Waals surface area contributed by atoms with Gasteiger partial charge in [-0.1, -0.05) is 30.3 Å². The number of halogens is 1. The Morgan fingerprint density at radius 2 is 1.82 bits per heavy atom. The van der Waals surface area contributed by atoms with Crippen molar-refractivity contribution in [3.63, 3.8) is 0 Å². The van der Waals surface area contributed by atoms with Crippen LogP contribution in [0.4, 0.5) is 5.69 Å². The fourth-order valence-corrected chi connectivity index (χ4v) is 3.53. The molecule has 0 atom stereocenters. The first-order valence-electron chi connectivity index (χ1n) is 8.79. The lowest BCUT2D eigenvalue weighted by molar-refractivity contribution is 0.0981. The summed E-state index contributed by atoms with van der Waals surface area (Å²) in [6, 6.07) is 21.1. The van der Waals surface area contributed by atoms with Crippen molar-refractivity contribution in [2.75, 3.05) is 12.0 Å². The Kier molecular flexibility index (Phi) is 5.12. The predicted molar refractivity (Wildman–Crippen MR) is 113 cm³/mol. The molecule has 28 heavy (non-hydrogen) atoms. The van der Waals surface area contributed by atoms with Crippen LogP contribution in [-0.4, -0.2) is 22.4 Å². The van der Waals surface area contributed by atoms with Crippen LogP contribution in [0.3, 0.4) is 0 Å². The van der Waals surface area contributed by atoms with Gasteiger partial charge in [-0.2, -0.15) is 0 Å². The fourth-order valence-electron chi connectivity index (χ4n) is 3.03. The van der Waals surface area contributed by atoms with E-state index in [-0.39, 0.29) is 5.91 Å². The van der Waals surface area contributed by atoms with Crippen LogP contribution in [0, 0.1) is 0 Å². The van der Waals surface area contributed by atoms with Crippen LogP contribution in [-0.2, 0) is 6.54 Å². The number of aromatic nitrogens is 2. The van der Waals surface area contributed by atoms with Gasteiger partial charge in [0.2, 0.25) is 0 Å². The van der Waals surface area contributed by atoms with Crippen LogP contribution in [0.15, 0.2) is 83.6 Å². The number of fused-ring (bicyclic) bond motifs is 1. The first-order valence-corrected chi connectivity index (χ1v) is 9.58. The van der Waals surface area contributed by atoms with Crippen LogP contribution in [0.1, 0.15) is 16.1 Å². The molecule has 0 unspecified atom stereocenters. The molecular formula is C22H18BrN3O2. The maximum absolute atomic E-state index is 13.4. The molecule has 0 saturated carbocycles. The highest BCUT2D eigenvalue weighted by molar-refractivity contribution is 9.10. The van der Waals surface area contributed by atoms with E-state index in [0.717, 1.165) is 27.1 Å². The summed E-state index contributed by atoms with van der Waals surface area (Å²) in [5.41, 5.74) is 2.92. The third-order valence-corrected chi connectivity index (χ3v) is 5.14. The standard InChI is InChI=1S/C22H18BrN3O2/c1-28-17-11-9-16(10-12-17)14-26(20-7-3-2-6-18(20)23)22(27)19-15-25-13-5-4-8-21(25)24-19/h2-13,15H,14H2,1H3. The van der Waals surface area contributed by atoms with Gasteiger partial charge in [0.1, 0.15) is 17.1 Å². The van der Waals surface area contributed by atoms with Gasteiger partial charge in [-0.05, 0) is 57.9 Å². The van der Waals surface area contributed by atoms with E-state index in [1.807, 2.05) is 77.3 Å². The van der Waals surface area contributed by atoms with Crippen LogP contribution in [0.5, 0.6) is 5.75 Å². The predicted octanol–water partition coefficient (Wildman–Crippen LogP) is 4.95. The van der Waals surface area contributed by atoms with Gasteiger partial charge in [-0.3, -0.25) is 4.79 Å². The third-order valence-electron chi connectivity index (χ3n) is 4.47. The van der Waals surface area contributed by atoms with Crippen LogP contribution in [0.25, 0.3) is 5.65 Å². The summed E-state index contributed by atoms with van der Waals surface area (Å²) in [6.07, 6.45) is 3.64. The number of imidazole rings is 1. The Balaban J connectivity index is 1.73. The molecule has 0 radical (unpaired) electrons. The molecule has 4 aromatic rings. The molecule has 4 rings (SSSR count). The third kappa shape index (κ3) is 3.64. The lowest BCUT2D eigenvalue weighted by Crippen LogP contribution is -2.31. The molecule has 5 nitrogen and oxygen atoms in total. The molecule has 0 aliphatic carbocycles. The molecule has 0 bridgehead atoms. The van der Waals surface area contributed by atoms with E-state index in [4.69, 9.17) is 4.74 Å². The summed E-state index contributed by atoms with van der Waals surface area (Å²) in [6.45, 7) is 0.416. The Labute approximate surface area is 171 Å². The first kappa shape index (κ1) is 18.3. The van der Waals surface area contributed by atoms with E-state index in [9.17, 15) is 4.79 Å². The van der Waals surface area contributed by atoms with Gasteiger partial charge in [0, 0.05) is 16.9 Å². The van der Waals surface area contributed by atoms with Gasteiger partial charge in [0.15, 0.2) is 0 Å². The minimum absolute atomic E-state index is 0.161. The molecule has 0 spiro atoms. The number of carbonyl (C=O) groups is 1. The molecule has 0 fully saturated rings. The molecule has 0 aliphatic heterocycles. The lowest BCUT2D eigenvalue weighted by Gasteiger charge is -2.23. The minimum atomic E-state index is -0.161. The summed E-state index contributed by atoms with van der Waals surface area (Å²) in [5.74, 6) is 0.620. The Hall–Kier alpha value is -3.12. The topological polar surface area (TPSA) is 46.8 Å². The maximum atomic E-state index is 13.4. The summed E-state index contributed by atoms with van der Waals surface area (Å²) < 4.78 is 7.92. The van der Waals surface area contributed by atoms with Gasteiger partial charge in [0.05, 0.1) is 19.3 Å². The normalized spacial score (nSPS) is 10.8. The van der Waals surface area contributed by atoms with Crippen molar-refractivity contribution in [3.05, 3.63) is 94.9 Å². The fraction of sp³-hybridized carbons (Fsp3) is 0.0909. The van der Waals surface area contributed by atoms with Crippen molar-refractivity contribution in [2.24, 2.45) is 0 Å². The highest BCUT2D eigenvalue weighted by atomic mass is 79.9. The molecule has 0 N–H and O–H groups in total. The average Bonchev–Trinajstić information content (AvgIpc) is 3.17. The first-order chi connectivity index (χ1) is 13.7. The summed E-state index contributed by atoms with van der Waals surface area (Å²) >= 11 is 3.57. The molecule has 2 aromatic heterocycles. The van der Waals surface area contributed by atoms with Crippen LogP contribution < -0.4 is 9.64 Å². The van der Waals surface area contributed by atoms with Gasteiger partial charge < -0.3 is 14.0 Å². The van der Waals surface area contributed by atoms with E-state index in [2.05, 4.69) is 20.9 Å². The van der Waals surface area contributed by atoms with E-state index in [1.54, 1.807) is 18.2 Å². The second kappa shape index (κ2) is 7.86. The zero-order valence-corrected chi connectivity index (χ0v) is 16.8. The Bertz CT molecular complexity index is 1090. The molecule has 2 heterocycles. The molecule has 1 amide bonds. The largest absolute Gasteiger partial charge is 0.497 e. The number of anilines is 1. The Morgan fingerprint density at radius 1 is 1.07 bits per heavy atom. The summed E-state index contributed by atoms with van der Waals surface area (Å²) in [4.78, 5) is 19.6. The number of amides is 1. The summed E-state index contributed by atoms with van der Waals surface area (Å²) in [7, 11) is 1.63. The minimum Gasteiger partial charge on any atom is -0.497 e. The van der Waals surface area contributed by atoms with Crippen molar-refractivity contribution < 1.29 is 9.53 Å². The van der Waals surface area contributed by atoms with Crippen molar-refractivity contribution in [2.45, 2.75) is 6.54 Å². The zero-order valence-electron chi connectivity index (χ0n) is 15.2. The average molecular weight is 436 g/mol. The number of benzene rings is 2. The van der Waals surface area contributed by atoms with Crippen LogP contribution in [0.2, 0.25) is 0 Å². The second-order valence-electron chi connectivity index (χ2n) is 6.28. The number of carbonyl (C=O) groups excluding carboxylic acids is 1. The number of hydrogen-bond acceptors (Lipinski definition) is 3. The van der Waals surface area contributed by atoms with Crippen molar-refractivity contribution in [1.29, 1.82) is 0 Å². The molecule has 0 saturated heterocycles. The van der Waals surface area contributed by atoms with E-state index in [0.29, 0.717) is 12.2 Å². The number of methoxy groups -OCH3 is 1. The smallest absolute Gasteiger partial charge is 0.278 e. The molecule has 140 valence electrons.